The zero-order valence-corrected chi connectivity index (χ0v) is 18.7. The summed E-state index contributed by atoms with van der Waals surface area (Å²) >= 11 is 0. The topological polar surface area (TPSA) is 46.4 Å². The van der Waals surface area contributed by atoms with Gasteiger partial charge >= 0.3 is 0 Å². The summed E-state index contributed by atoms with van der Waals surface area (Å²) in [5, 5.41) is 0. The number of nitrogens with zero attached hydrogens (tertiary/aromatic N) is 5. The van der Waals surface area contributed by atoms with E-state index in [0.717, 1.165) is 37.6 Å². The summed E-state index contributed by atoms with van der Waals surface area (Å²) in [6.07, 6.45) is 16.9. The Kier molecular flexibility index (Phi) is 6.97. The maximum Gasteiger partial charge on any atom is 0.233 e. The third-order valence-corrected chi connectivity index (χ3v) is 7.48. The van der Waals surface area contributed by atoms with Gasteiger partial charge in [-0.05, 0) is 75.7 Å². The predicted molar refractivity (Wildman–Crippen MR) is 122 cm³/mol. The fourth-order valence-corrected chi connectivity index (χ4v) is 5.80. The molecule has 2 aliphatic heterocycles. The quantitative estimate of drug-likeness (QED) is 0.644. The van der Waals surface area contributed by atoms with Crippen LogP contribution in [0, 0.1) is 5.92 Å². The number of hydrogen-bond acceptors (Lipinski definition) is 5. The highest BCUT2D eigenvalue weighted by Gasteiger charge is 2.29. The molecule has 3 aliphatic rings. The van der Waals surface area contributed by atoms with Crippen LogP contribution >= 0.6 is 0 Å². The summed E-state index contributed by atoms with van der Waals surface area (Å²) < 4.78 is 8.14. The van der Waals surface area contributed by atoms with Crippen LogP contribution in [0.25, 0.3) is 5.95 Å². The van der Waals surface area contributed by atoms with Gasteiger partial charge in [-0.1, -0.05) is 12.8 Å². The molecule has 6 nitrogen and oxygen atoms in total. The van der Waals surface area contributed by atoms with Crippen LogP contribution in [0.4, 0.5) is 0 Å². The van der Waals surface area contributed by atoms with Gasteiger partial charge in [-0.25, -0.2) is 9.97 Å². The Balaban J connectivity index is 1.23. The van der Waals surface area contributed by atoms with Crippen molar-refractivity contribution >= 4 is 0 Å². The lowest BCUT2D eigenvalue weighted by molar-refractivity contribution is 0.0533. The molecule has 1 saturated carbocycles. The molecule has 2 saturated heterocycles. The van der Waals surface area contributed by atoms with E-state index >= 15 is 0 Å². The van der Waals surface area contributed by atoms with Crippen LogP contribution in [0.1, 0.15) is 57.1 Å². The van der Waals surface area contributed by atoms with Crippen LogP contribution in [0.2, 0.25) is 0 Å². The number of likely N-dealkylation sites (tertiary alicyclic amines) is 1. The Morgan fingerprint density at radius 3 is 2.48 bits per heavy atom. The summed E-state index contributed by atoms with van der Waals surface area (Å²) in [5.74, 6) is 1.54. The molecule has 1 atom stereocenters. The first-order valence-corrected chi connectivity index (χ1v) is 12.4. The highest BCUT2D eigenvalue weighted by atomic mass is 16.5. The summed E-state index contributed by atoms with van der Waals surface area (Å²) in [6.45, 7) is 6.62. The fourth-order valence-electron chi connectivity index (χ4n) is 5.80. The number of rotatable bonds is 8. The van der Waals surface area contributed by atoms with Crippen LogP contribution < -0.4 is 0 Å². The van der Waals surface area contributed by atoms with Crippen molar-refractivity contribution in [3.63, 3.8) is 0 Å². The molecule has 31 heavy (non-hydrogen) atoms. The van der Waals surface area contributed by atoms with Crippen LogP contribution in [-0.2, 0) is 11.3 Å². The van der Waals surface area contributed by atoms with Gasteiger partial charge in [-0.3, -0.25) is 9.47 Å². The summed E-state index contributed by atoms with van der Waals surface area (Å²) in [4.78, 5) is 14.3. The molecule has 4 heterocycles. The molecule has 1 aliphatic carbocycles. The van der Waals surface area contributed by atoms with Crippen molar-refractivity contribution in [3.8, 4) is 5.95 Å². The van der Waals surface area contributed by atoms with Crippen molar-refractivity contribution in [1.82, 2.24) is 24.3 Å². The van der Waals surface area contributed by atoms with Gasteiger partial charge in [-0.15, -0.1) is 0 Å². The van der Waals surface area contributed by atoms with E-state index in [0.29, 0.717) is 6.10 Å². The Labute approximate surface area is 186 Å². The molecule has 3 fully saturated rings. The zero-order valence-electron chi connectivity index (χ0n) is 18.7. The average Bonchev–Trinajstić information content (AvgIpc) is 3.58. The normalized spacial score (nSPS) is 23.8. The van der Waals surface area contributed by atoms with Gasteiger partial charge in [0.15, 0.2) is 0 Å². The zero-order chi connectivity index (χ0) is 20.9. The van der Waals surface area contributed by atoms with E-state index in [9.17, 15) is 0 Å². The molecular formula is C25H37N5O. The molecule has 168 valence electrons. The molecule has 2 aromatic rings. The Morgan fingerprint density at radius 2 is 1.74 bits per heavy atom. The molecule has 6 heteroatoms. The van der Waals surface area contributed by atoms with Crippen molar-refractivity contribution in [2.24, 2.45) is 5.92 Å². The summed E-state index contributed by atoms with van der Waals surface area (Å²) in [6, 6.07) is 7.06. The molecule has 1 unspecified atom stereocenters. The predicted octanol–water partition coefficient (Wildman–Crippen LogP) is 3.90. The maximum absolute atomic E-state index is 6.01. The van der Waals surface area contributed by atoms with E-state index in [1.807, 2.05) is 18.5 Å². The molecule has 0 spiro atoms. The minimum Gasteiger partial charge on any atom is -0.377 e. The minimum atomic E-state index is 0.384. The van der Waals surface area contributed by atoms with Gasteiger partial charge in [0, 0.05) is 56.6 Å². The monoisotopic (exact) mass is 423 g/mol. The number of aromatic nitrogens is 3. The molecule has 0 radical (unpaired) electrons. The van der Waals surface area contributed by atoms with E-state index in [1.165, 1.54) is 76.7 Å². The van der Waals surface area contributed by atoms with Crippen molar-refractivity contribution in [1.29, 1.82) is 0 Å². The van der Waals surface area contributed by atoms with Gasteiger partial charge in [0.1, 0.15) is 0 Å². The smallest absolute Gasteiger partial charge is 0.233 e. The van der Waals surface area contributed by atoms with Crippen LogP contribution in [0.3, 0.4) is 0 Å². The minimum absolute atomic E-state index is 0.384. The molecule has 0 bridgehead atoms. The highest BCUT2D eigenvalue weighted by Crippen LogP contribution is 2.29. The molecular weight excluding hydrogens is 386 g/mol. The number of hydrogen-bond donors (Lipinski definition) is 0. The van der Waals surface area contributed by atoms with Crippen molar-refractivity contribution in [3.05, 3.63) is 42.5 Å². The molecule has 0 N–H and O–H groups in total. The van der Waals surface area contributed by atoms with E-state index in [4.69, 9.17) is 4.74 Å². The first kappa shape index (κ1) is 21.1. The van der Waals surface area contributed by atoms with Crippen molar-refractivity contribution in [2.75, 3.05) is 32.8 Å². The van der Waals surface area contributed by atoms with Gasteiger partial charge in [0.2, 0.25) is 5.95 Å². The Morgan fingerprint density at radius 1 is 0.935 bits per heavy atom. The van der Waals surface area contributed by atoms with E-state index in [2.05, 4.69) is 42.7 Å². The molecule has 5 rings (SSSR count). The molecule has 0 amide bonds. The van der Waals surface area contributed by atoms with Crippen LogP contribution in [0.5, 0.6) is 0 Å². The van der Waals surface area contributed by atoms with Crippen molar-refractivity contribution < 1.29 is 4.74 Å². The second-order valence-electron chi connectivity index (χ2n) is 9.67. The summed E-state index contributed by atoms with van der Waals surface area (Å²) in [7, 11) is 0. The average molecular weight is 424 g/mol. The van der Waals surface area contributed by atoms with Crippen LogP contribution in [-0.4, -0.2) is 69.3 Å². The van der Waals surface area contributed by atoms with E-state index in [-0.39, 0.29) is 0 Å². The first-order chi connectivity index (χ1) is 15.3. The fraction of sp³-hybridized carbons (Fsp3) is 0.680. The van der Waals surface area contributed by atoms with Gasteiger partial charge < -0.3 is 9.64 Å². The third-order valence-electron chi connectivity index (χ3n) is 7.48. The van der Waals surface area contributed by atoms with Crippen molar-refractivity contribution in [2.45, 2.75) is 70.1 Å². The molecule has 2 aromatic heterocycles. The summed E-state index contributed by atoms with van der Waals surface area (Å²) in [5.41, 5.74) is 1.26. The lowest BCUT2D eigenvalue weighted by Gasteiger charge is -2.38. The second-order valence-corrected chi connectivity index (χ2v) is 9.67. The highest BCUT2D eigenvalue weighted by molar-refractivity contribution is 5.20. The number of ether oxygens (including phenoxy) is 1. The lowest BCUT2D eigenvalue weighted by Crippen LogP contribution is -2.43. The lowest BCUT2D eigenvalue weighted by atomic mass is 9.94. The van der Waals surface area contributed by atoms with Gasteiger partial charge in [-0.2, -0.15) is 0 Å². The van der Waals surface area contributed by atoms with Gasteiger partial charge in [0.05, 0.1) is 6.10 Å². The largest absolute Gasteiger partial charge is 0.377 e. The van der Waals surface area contributed by atoms with E-state index < -0.39 is 0 Å². The van der Waals surface area contributed by atoms with E-state index in [1.54, 1.807) is 0 Å². The second kappa shape index (κ2) is 10.2. The number of piperidine rings is 1. The SMILES string of the molecule is c1cnc(-n2cccc2CN(CC2CCN(C3CCCC3)CC2)CC2CCCO2)nc1. The third kappa shape index (κ3) is 5.36. The van der Waals surface area contributed by atoms with Gasteiger partial charge in [0.25, 0.3) is 0 Å². The standard InChI is InChI=1S/C25H37N5O/c1-2-7-22(6-1)29-15-10-21(11-16-29)18-28(20-24-9-4-17-31-24)19-23-8-3-14-30(23)25-26-12-5-13-27-25/h3,5,8,12-14,21-22,24H,1-2,4,6-7,9-11,15-20H2. The maximum atomic E-state index is 6.01. The Bertz CT molecular complexity index is 789. The molecule has 0 aromatic carbocycles. The van der Waals surface area contributed by atoms with Crippen LogP contribution in [0.15, 0.2) is 36.8 Å². The Hall–Kier alpha value is -1.76. The first-order valence-electron chi connectivity index (χ1n) is 12.4.